The summed E-state index contributed by atoms with van der Waals surface area (Å²) in [5.41, 5.74) is -1.96. The van der Waals surface area contributed by atoms with E-state index >= 15 is 0 Å². The number of benzene rings is 2. The highest BCUT2D eigenvalue weighted by atomic mass is 19.1. The highest BCUT2D eigenvalue weighted by Gasteiger charge is 2.57. The Labute approximate surface area is 256 Å². The molecule has 1 saturated carbocycles. The molecule has 234 valence electrons. The summed E-state index contributed by atoms with van der Waals surface area (Å²) in [5, 5.41) is 15.5. The van der Waals surface area contributed by atoms with Gasteiger partial charge in [-0.2, -0.15) is 5.26 Å². The van der Waals surface area contributed by atoms with Crippen molar-refractivity contribution in [1.82, 2.24) is 14.8 Å². The van der Waals surface area contributed by atoms with Crippen LogP contribution in [0.2, 0.25) is 0 Å². The number of aromatic amines is 1. The maximum Gasteiger partial charge on any atom is 0.270 e. The number of alkyl halides is 1. The van der Waals surface area contributed by atoms with Gasteiger partial charge in [0.25, 0.3) is 11.8 Å². The van der Waals surface area contributed by atoms with Crippen LogP contribution in [0.3, 0.4) is 0 Å². The van der Waals surface area contributed by atoms with Crippen LogP contribution >= 0.6 is 0 Å². The number of aromatic nitrogens is 1. The summed E-state index contributed by atoms with van der Waals surface area (Å²) in [4.78, 5) is 58.9. The van der Waals surface area contributed by atoms with Gasteiger partial charge in [0.2, 0.25) is 11.8 Å². The third kappa shape index (κ3) is 5.08. The molecule has 1 saturated heterocycles. The number of amides is 4. The van der Waals surface area contributed by atoms with E-state index in [1.54, 1.807) is 18.2 Å². The van der Waals surface area contributed by atoms with Crippen molar-refractivity contribution in [3.63, 3.8) is 0 Å². The third-order valence-electron chi connectivity index (χ3n) is 9.01. The van der Waals surface area contributed by atoms with Gasteiger partial charge in [-0.25, -0.2) is 13.2 Å². The number of nitrogens with one attached hydrogen (secondary N) is 3. The summed E-state index contributed by atoms with van der Waals surface area (Å²) < 4.78 is 42.4. The second kappa shape index (κ2) is 10.6. The van der Waals surface area contributed by atoms with Crippen molar-refractivity contribution in [1.29, 1.82) is 5.26 Å². The molecule has 1 spiro atoms. The summed E-state index contributed by atoms with van der Waals surface area (Å²) in [7, 11) is 1.42. The number of likely N-dealkylation sites (N-methyl/N-ethyl adjacent to an activating group) is 1. The van der Waals surface area contributed by atoms with Gasteiger partial charge in [0.1, 0.15) is 29.4 Å². The molecule has 10 nitrogen and oxygen atoms in total. The Balaban J connectivity index is 1.29. The van der Waals surface area contributed by atoms with Gasteiger partial charge in [-0.3, -0.25) is 19.2 Å². The zero-order valence-corrected chi connectivity index (χ0v) is 24.8. The molecule has 3 aromatic rings. The number of carbonyl (C=O) groups excluding carboxylic acids is 4. The molecule has 4 amide bonds. The fourth-order valence-electron chi connectivity index (χ4n) is 6.35. The van der Waals surface area contributed by atoms with E-state index in [-0.39, 0.29) is 60.4 Å². The molecule has 3 atom stereocenters. The number of nitriles is 1. The van der Waals surface area contributed by atoms with Gasteiger partial charge in [0, 0.05) is 42.8 Å². The number of carbonyl (C=O) groups is 4. The number of rotatable bonds is 7. The molecule has 2 fully saturated rings. The average Bonchev–Trinajstić information content (AvgIpc) is 3.33. The molecule has 0 radical (unpaired) electrons. The Bertz CT molecular complexity index is 1810. The Morgan fingerprint density at radius 2 is 1.91 bits per heavy atom. The van der Waals surface area contributed by atoms with Crippen molar-refractivity contribution in [2.75, 3.05) is 24.2 Å². The number of likely N-dealkylation sites (tertiary alicyclic amines) is 1. The first-order valence-electron chi connectivity index (χ1n) is 14.7. The molecule has 1 aliphatic carbocycles. The van der Waals surface area contributed by atoms with Gasteiger partial charge in [-0.1, -0.05) is 13.8 Å². The van der Waals surface area contributed by atoms with Crippen molar-refractivity contribution in [3.05, 3.63) is 59.3 Å². The quantitative estimate of drug-likeness (QED) is 0.360. The molecule has 2 aliphatic heterocycles. The first kappa shape index (κ1) is 30.2. The maximum atomic E-state index is 14.3. The SMILES string of the molecule is CC(C)C[C@@H](C(=O)N1C[C@]2(C[C@H]1C#N)C(=O)Nc1ccc(NC(=O)C3(F)CC3)cc12)N(C)C(=O)c1cc2c(F)cc(F)cc2[nH]1. The first-order valence-corrected chi connectivity index (χ1v) is 14.7. The van der Waals surface area contributed by atoms with E-state index < -0.39 is 58.4 Å². The van der Waals surface area contributed by atoms with E-state index in [4.69, 9.17) is 0 Å². The molecule has 0 unspecified atom stereocenters. The lowest BCUT2D eigenvalue weighted by Crippen LogP contribution is -2.52. The minimum Gasteiger partial charge on any atom is -0.350 e. The normalized spacial score (nSPS) is 21.9. The standard InChI is InChI=1S/C32H31F3N6O4/c1-16(2)8-26(40(3)27(42)25-12-20-22(34)9-17(33)10-24(20)38-25)28(43)41-15-31(13-19(41)14-36)21-11-18(4-5-23(21)39-29(31)44)37-30(45)32(35)6-7-32/h4-5,9-12,16,19,26,38H,6-8,13,15H2,1-3H3,(H,37,45)(H,39,44)/t19-,26-,31-/m0/s1. The van der Waals surface area contributed by atoms with Crippen LogP contribution in [-0.2, 0) is 19.8 Å². The smallest absolute Gasteiger partial charge is 0.270 e. The molecule has 0 bridgehead atoms. The summed E-state index contributed by atoms with van der Waals surface area (Å²) >= 11 is 0. The molecular formula is C32H31F3N6O4. The largest absolute Gasteiger partial charge is 0.350 e. The van der Waals surface area contributed by atoms with Crippen molar-refractivity contribution in [2.24, 2.45) is 5.92 Å². The van der Waals surface area contributed by atoms with E-state index in [1.807, 2.05) is 13.8 Å². The van der Waals surface area contributed by atoms with Gasteiger partial charge in [0.05, 0.1) is 17.0 Å². The van der Waals surface area contributed by atoms with Gasteiger partial charge in [-0.15, -0.1) is 0 Å². The van der Waals surface area contributed by atoms with Crippen LogP contribution in [0.25, 0.3) is 10.9 Å². The number of anilines is 2. The van der Waals surface area contributed by atoms with Gasteiger partial charge >= 0.3 is 0 Å². The number of halogens is 3. The lowest BCUT2D eigenvalue weighted by molar-refractivity contribution is -0.136. The van der Waals surface area contributed by atoms with Gasteiger partial charge in [-0.05, 0) is 61.1 Å². The Hall–Kier alpha value is -4.86. The number of hydrogen-bond acceptors (Lipinski definition) is 5. The van der Waals surface area contributed by atoms with Gasteiger partial charge in [0.15, 0.2) is 5.67 Å². The van der Waals surface area contributed by atoms with E-state index in [0.29, 0.717) is 17.3 Å². The second-order valence-electron chi connectivity index (χ2n) is 12.6. The predicted octanol–water partition coefficient (Wildman–Crippen LogP) is 4.39. The number of H-pyrrole nitrogens is 1. The Morgan fingerprint density at radius 3 is 2.58 bits per heavy atom. The Morgan fingerprint density at radius 1 is 1.18 bits per heavy atom. The third-order valence-corrected chi connectivity index (χ3v) is 9.01. The van der Waals surface area contributed by atoms with Crippen molar-refractivity contribution < 1.29 is 32.3 Å². The summed E-state index contributed by atoms with van der Waals surface area (Å²) in [6, 6.07) is 7.80. The van der Waals surface area contributed by atoms with E-state index in [9.17, 15) is 37.6 Å². The van der Waals surface area contributed by atoms with Crippen molar-refractivity contribution in [2.45, 2.75) is 62.7 Å². The molecule has 6 rings (SSSR count). The minimum absolute atomic E-state index is 0.0196. The van der Waals surface area contributed by atoms with Crippen molar-refractivity contribution in [3.8, 4) is 6.07 Å². The van der Waals surface area contributed by atoms with Crippen LogP contribution in [0.1, 0.15) is 55.6 Å². The molecular weight excluding hydrogens is 589 g/mol. The Kier molecular flexibility index (Phi) is 7.14. The molecule has 45 heavy (non-hydrogen) atoms. The first-order chi connectivity index (χ1) is 21.3. The van der Waals surface area contributed by atoms with Crippen molar-refractivity contribution >= 4 is 45.9 Å². The summed E-state index contributed by atoms with van der Waals surface area (Å²) in [5.74, 6) is -4.09. The average molecular weight is 621 g/mol. The predicted molar refractivity (Wildman–Crippen MR) is 158 cm³/mol. The highest BCUT2D eigenvalue weighted by molar-refractivity contribution is 6.09. The lowest BCUT2D eigenvalue weighted by atomic mass is 9.79. The molecule has 13 heteroatoms. The fourth-order valence-corrected chi connectivity index (χ4v) is 6.35. The van der Waals surface area contributed by atoms with E-state index in [2.05, 4.69) is 21.7 Å². The maximum absolute atomic E-state index is 14.3. The zero-order chi connectivity index (χ0) is 32.4. The molecule has 2 aromatic carbocycles. The van der Waals surface area contributed by atoms with Crippen LogP contribution in [0.4, 0.5) is 24.5 Å². The minimum atomic E-state index is -1.90. The van der Waals surface area contributed by atoms with E-state index in [1.165, 1.54) is 22.9 Å². The molecule has 3 aliphatic rings. The number of fused-ring (bicyclic) bond motifs is 3. The van der Waals surface area contributed by atoms with Crippen LogP contribution in [-0.4, -0.2) is 69.8 Å². The molecule has 3 heterocycles. The van der Waals surface area contributed by atoms with Crippen LogP contribution in [0.15, 0.2) is 36.4 Å². The lowest BCUT2D eigenvalue weighted by Gasteiger charge is -2.33. The zero-order valence-electron chi connectivity index (χ0n) is 24.8. The van der Waals surface area contributed by atoms with Crippen LogP contribution in [0.5, 0.6) is 0 Å². The van der Waals surface area contributed by atoms with Crippen LogP contribution in [0, 0.1) is 28.9 Å². The summed E-state index contributed by atoms with van der Waals surface area (Å²) in [6.07, 6.45) is 0.463. The monoisotopic (exact) mass is 620 g/mol. The highest BCUT2D eigenvalue weighted by Crippen LogP contribution is 2.48. The summed E-state index contributed by atoms with van der Waals surface area (Å²) in [6.45, 7) is 3.57. The molecule has 3 N–H and O–H groups in total. The van der Waals surface area contributed by atoms with E-state index in [0.717, 1.165) is 6.07 Å². The second-order valence-corrected chi connectivity index (χ2v) is 12.6. The van der Waals surface area contributed by atoms with Crippen LogP contribution < -0.4 is 10.6 Å². The number of hydrogen-bond donors (Lipinski definition) is 3. The molecule has 1 aromatic heterocycles. The fraction of sp³-hybridized carbons (Fsp3) is 0.406. The topological polar surface area (TPSA) is 138 Å². The number of nitrogens with zero attached hydrogens (tertiary/aromatic N) is 3. The van der Waals surface area contributed by atoms with Gasteiger partial charge < -0.3 is 25.4 Å².